The largest absolute Gasteiger partial charge is 0.396 e. The van der Waals surface area contributed by atoms with Crippen LogP contribution >= 0.6 is 0 Å². The third-order valence-electron chi connectivity index (χ3n) is 4.37. The van der Waals surface area contributed by atoms with Crippen LogP contribution in [0.3, 0.4) is 0 Å². The number of amides is 1. The minimum Gasteiger partial charge on any atom is -0.396 e. The second-order valence-electron chi connectivity index (χ2n) is 5.75. The van der Waals surface area contributed by atoms with Crippen LogP contribution in [0.5, 0.6) is 0 Å². The number of benzene rings is 1. The number of rotatable bonds is 3. The van der Waals surface area contributed by atoms with Crippen molar-refractivity contribution in [2.45, 2.75) is 31.7 Å². The van der Waals surface area contributed by atoms with Gasteiger partial charge in [-0.2, -0.15) is 5.10 Å². The number of aliphatic hydroxyl groups is 1. The van der Waals surface area contributed by atoms with E-state index in [0.717, 1.165) is 25.7 Å². The zero-order valence-electron chi connectivity index (χ0n) is 12.2. The van der Waals surface area contributed by atoms with Gasteiger partial charge in [0.15, 0.2) is 5.69 Å². The fraction of sp³-hybridized carbons (Fsp3) is 0.438. The summed E-state index contributed by atoms with van der Waals surface area (Å²) < 4.78 is 0. The van der Waals surface area contributed by atoms with E-state index in [1.165, 1.54) is 0 Å². The van der Waals surface area contributed by atoms with Crippen LogP contribution in [0, 0.1) is 5.92 Å². The first-order chi connectivity index (χ1) is 10.7. The van der Waals surface area contributed by atoms with Crippen molar-refractivity contribution in [3.05, 3.63) is 40.3 Å². The third kappa shape index (κ3) is 2.74. The number of aromatic nitrogens is 2. The minimum atomic E-state index is -0.308. The molecule has 1 aromatic heterocycles. The van der Waals surface area contributed by atoms with Gasteiger partial charge in [0.1, 0.15) is 0 Å². The van der Waals surface area contributed by atoms with Gasteiger partial charge < -0.3 is 10.4 Å². The van der Waals surface area contributed by atoms with Gasteiger partial charge in [0.25, 0.3) is 11.5 Å². The Kier molecular flexibility index (Phi) is 4.20. The number of fused-ring (bicyclic) bond motifs is 1. The minimum absolute atomic E-state index is 0.0428. The van der Waals surface area contributed by atoms with Gasteiger partial charge in [-0.15, -0.1) is 0 Å². The molecule has 1 heterocycles. The van der Waals surface area contributed by atoms with Gasteiger partial charge >= 0.3 is 0 Å². The molecular formula is C16H19N3O3. The normalized spacial score (nSPS) is 21.7. The lowest BCUT2D eigenvalue weighted by Crippen LogP contribution is -2.43. The summed E-state index contributed by atoms with van der Waals surface area (Å²) in [5.74, 6) is -0.218. The quantitative estimate of drug-likeness (QED) is 0.794. The van der Waals surface area contributed by atoms with Crippen LogP contribution in [0.4, 0.5) is 0 Å². The molecular weight excluding hydrogens is 282 g/mol. The Bertz CT molecular complexity index is 741. The van der Waals surface area contributed by atoms with Crippen LogP contribution in [-0.4, -0.2) is 33.9 Å². The molecule has 0 saturated heterocycles. The van der Waals surface area contributed by atoms with E-state index in [1.54, 1.807) is 24.3 Å². The average Bonchev–Trinajstić information content (AvgIpc) is 2.56. The van der Waals surface area contributed by atoms with Gasteiger partial charge in [-0.05, 0) is 18.9 Å². The molecule has 0 bridgehead atoms. The van der Waals surface area contributed by atoms with Gasteiger partial charge in [-0.25, -0.2) is 5.10 Å². The van der Waals surface area contributed by atoms with E-state index in [-0.39, 0.29) is 35.7 Å². The molecule has 2 atom stereocenters. The van der Waals surface area contributed by atoms with E-state index in [4.69, 9.17) is 0 Å². The molecule has 3 N–H and O–H groups in total. The molecule has 1 aromatic carbocycles. The van der Waals surface area contributed by atoms with Crippen molar-refractivity contribution in [1.29, 1.82) is 0 Å². The smallest absolute Gasteiger partial charge is 0.272 e. The summed E-state index contributed by atoms with van der Waals surface area (Å²) in [4.78, 5) is 24.3. The molecule has 6 nitrogen and oxygen atoms in total. The topological polar surface area (TPSA) is 95.1 Å². The van der Waals surface area contributed by atoms with E-state index >= 15 is 0 Å². The Morgan fingerprint density at radius 1 is 1.27 bits per heavy atom. The number of aromatic amines is 1. The highest BCUT2D eigenvalue weighted by Gasteiger charge is 2.27. The molecule has 1 aliphatic carbocycles. The van der Waals surface area contributed by atoms with Crippen molar-refractivity contribution in [1.82, 2.24) is 15.5 Å². The van der Waals surface area contributed by atoms with Crippen LogP contribution in [0.15, 0.2) is 29.1 Å². The summed E-state index contributed by atoms with van der Waals surface area (Å²) in [6, 6.07) is 6.87. The van der Waals surface area contributed by atoms with Gasteiger partial charge in [0.05, 0.1) is 5.39 Å². The molecule has 6 heteroatoms. The van der Waals surface area contributed by atoms with Crippen LogP contribution in [0.2, 0.25) is 0 Å². The number of nitrogens with one attached hydrogen (secondary N) is 2. The van der Waals surface area contributed by atoms with Crippen molar-refractivity contribution in [2.75, 3.05) is 6.61 Å². The van der Waals surface area contributed by atoms with Crippen LogP contribution in [0.25, 0.3) is 10.8 Å². The number of hydrogen-bond acceptors (Lipinski definition) is 4. The van der Waals surface area contributed by atoms with Gasteiger partial charge in [-0.3, -0.25) is 9.59 Å². The predicted molar refractivity (Wildman–Crippen MR) is 82.7 cm³/mol. The highest BCUT2D eigenvalue weighted by molar-refractivity contribution is 6.04. The average molecular weight is 301 g/mol. The zero-order chi connectivity index (χ0) is 15.5. The molecule has 0 radical (unpaired) electrons. The van der Waals surface area contributed by atoms with Crippen molar-refractivity contribution in [3.63, 3.8) is 0 Å². The van der Waals surface area contributed by atoms with E-state index in [1.807, 2.05) is 0 Å². The number of aliphatic hydroxyl groups excluding tert-OH is 1. The van der Waals surface area contributed by atoms with E-state index < -0.39 is 0 Å². The molecule has 1 aliphatic rings. The molecule has 0 spiro atoms. The summed E-state index contributed by atoms with van der Waals surface area (Å²) in [5.41, 5.74) is -0.0875. The van der Waals surface area contributed by atoms with Crippen LogP contribution < -0.4 is 10.9 Å². The summed E-state index contributed by atoms with van der Waals surface area (Å²) in [6.45, 7) is 0.0742. The first-order valence-electron chi connectivity index (χ1n) is 7.60. The molecule has 1 amide bonds. The second kappa shape index (κ2) is 6.27. The number of carbonyl (C=O) groups excluding carboxylic acids is 1. The molecule has 116 valence electrons. The summed E-state index contributed by atoms with van der Waals surface area (Å²) in [5, 5.41) is 19.7. The molecule has 2 unspecified atom stereocenters. The molecule has 1 fully saturated rings. The van der Waals surface area contributed by atoms with Crippen molar-refractivity contribution >= 4 is 16.7 Å². The first-order valence-corrected chi connectivity index (χ1v) is 7.60. The monoisotopic (exact) mass is 301 g/mol. The van der Waals surface area contributed by atoms with Crippen LogP contribution in [-0.2, 0) is 0 Å². The second-order valence-corrected chi connectivity index (χ2v) is 5.75. The van der Waals surface area contributed by atoms with Crippen LogP contribution in [0.1, 0.15) is 36.2 Å². The SMILES string of the molecule is O=C(NC1CCCCC1CO)c1n[nH]c(=O)c2ccccc12. The molecule has 0 aliphatic heterocycles. The molecule has 2 aromatic rings. The lowest BCUT2D eigenvalue weighted by atomic mass is 9.85. The molecule has 3 rings (SSSR count). The van der Waals surface area contributed by atoms with E-state index in [2.05, 4.69) is 15.5 Å². The Morgan fingerprint density at radius 2 is 2.00 bits per heavy atom. The number of nitrogens with zero attached hydrogens (tertiary/aromatic N) is 1. The number of H-pyrrole nitrogens is 1. The Balaban J connectivity index is 1.89. The highest BCUT2D eigenvalue weighted by Crippen LogP contribution is 2.24. The van der Waals surface area contributed by atoms with Crippen molar-refractivity contribution in [2.24, 2.45) is 5.92 Å². The Morgan fingerprint density at radius 3 is 2.77 bits per heavy atom. The lowest BCUT2D eigenvalue weighted by molar-refractivity contribution is 0.0868. The van der Waals surface area contributed by atoms with Gasteiger partial charge in [0, 0.05) is 24.0 Å². The molecule has 1 saturated carbocycles. The van der Waals surface area contributed by atoms with E-state index in [0.29, 0.717) is 10.8 Å². The summed E-state index contributed by atoms with van der Waals surface area (Å²) in [6.07, 6.45) is 3.90. The Labute approximate surface area is 127 Å². The predicted octanol–water partition coefficient (Wildman–Crippen LogP) is 1.20. The summed E-state index contributed by atoms with van der Waals surface area (Å²) >= 11 is 0. The first kappa shape index (κ1) is 14.7. The van der Waals surface area contributed by atoms with Gasteiger partial charge in [0.2, 0.25) is 0 Å². The maximum atomic E-state index is 12.5. The van der Waals surface area contributed by atoms with Crippen molar-refractivity contribution in [3.8, 4) is 0 Å². The highest BCUT2D eigenvalue weighted by atomic mass is 16.3. The maximum Gasteiger partial charge on any atom is 0.272 e. The Hall–Kier alpha value is -2.21. The number of carbonyl (C=O) groups is 1. The van der Waals surface area contributed by atoms with Gasteiger partial charge in [-0.1, -0.05) is 31.0 Å². The molecule has 22 heavy (non-hydrogen) atoms. The third-order valence-corrected chi connectivity index (χ3v) is 4.37. The fourth-order valence-corrected chi connectivity index (χ4v) is 3.14. The lowest BCUT2D eigenvalue weighted by Gasteiger charge is -2.30. The number of hydrogen-bond donors (Lipinski definition) is 3. The fourth-order valence-electron chi connectivity index (χ4n) is 3.14. The summed E-state index contributed by atoms with van der Waals surface area (Å²) in [7, 11) is 0. The zero-order valence-corrected chi connectivity index (χ0v) is 12.2. The van der Waals surface area contributed by atoms with E-state index in [9.17, 15) is 14.7 Å². The maximum absolute atomic E-state index is 12.5. The standard InChI is InChI=1S/C16H19N3O3/c20-9-10-5-1-4-8-13(10)17-16(22)14-11-6-2-3-7-12(11)15(21)19-18-14/h2-3,6-7,10,13,20H,1,4-5,8-9H2,(H,17,22)(H,19,21). The van der Waals surface area contributed by atoms with Crippen molar-refractivity contribution < 1.29 is 9.90 Å².